The van der Waals surface area contributed by atoms with Gasteiger partial charge in [-0.15, -0.1) is 0 Å². The standard InChI is InChI=1S/C15H14O3/c1-11(16)15-12(6-5-9-14(15)17)10-18-13-7-3-2-4-8-13/h2-9,17H,10H2,1H3. The summed E-state index contributed by atoms with van der Waals surface area (Å²) in [5.74, 6) is 0.562. The molecule has 92 valence electrons. The van der Waals surface area contributed by atoms with Crippen LogP contribution >= 0.6 is 0 Å². The minimum absolute atomic E-state index is 0.00309. The van der Waals surface area contributed by atoms with Crippen LogP contribution in [0.5, 0.6) is 11.5 Å². The fourth-order valence-corrected chi connectivity index (χ4v) is 1.79. The van der Waals surface area contributed by atoms with E-state index in [1.165, 1.54) is 13.0 Å². The number of carbonyl (C=O) groups excluding carboxylic acids is 1. The van der Waals surface area contributed by atoms with Crippen LogP contribution in [0, 0.1) is 0 Å². The number of hydrogen-bond acceptors (Lipinski definition) is 3. The summed E-state index contributed by atoms with van der Waals surface area (Å²) < 4.78 is 5.57. The minimum Gasteiger partial charge on any atom is -0.507 e. The minimum atomic E-state index is -0.167. The number of ketones is 1. The summed E-state index contributed by atoms with van der Waals surface area (Å²) >= 11 is 0. The van der Waals surface area contributed by atoms with Gasteiger partial charge < -0.3 is 9.84 Å². The maximum atomic E-state index is 11.5. The lowest BCUT2D eigenvalue weighted by Gasteiger charge is -2.10. The third-order valence-corrected chi connectivity index (χ3v) is 2.62. The van der Waals surface area contributed by atoms with Gasteiger partial charge in [-0.05, 0) is 25.1 Å². The van der Waals surface area contributed by atoms with Crippen molar-refractivity contribution in [3.05, 3.63) is 59.7 Å². The van der Waals surface area contributed by atoms with Crippen molar-refractivity contribution in [1.82, 2.24) is 0 Å². The highest BCUT2D eigenvalue weighted by atomic mass is 16.5. The summed E-state index contributed by atoms with van der Waals surface area (Å²) in [5.41, 5.74) is 1.01. The van der Waals surface area contributed by atoms with Crippen molar-refractivity contribution in [3.63, 3.8) is 0 Å². The van der Waals surface area contributed by atoms with Crippen molar-refractivity contribution in [2.45, 2.75) is 13.5 Å². The Morgan fingerprint density at radius 3 is 2.50 bits per heavy atom. The molecule has 0 radical (unpaired) electrons. The normalized spacial score (nSPS) is 10.1. The molecule has 0 aliphatic heterocycles. The highest BCUT2D eigenvalue weighted by Crippen LogP contribution is 2.23. The van der Waals surface area contributed by atoms with Crippen LogP contribution in [0.15, 0.2) is 48.5 Å². The van der Waals surface area contributed by atoms with Crippen LogP contribution in [-0.4, -0.2) is 10.9 Å². The van der Waals surface area contributed by atoms with Gasteiger partial charge in [0, 0.05) is 5.56 Å². The van der Waals surface area contributed by atoms with Crippen molar-refractivity contribution in [1.29, 1.82) is 0 Å². The number of rotatable bonds is 4. The van der Waals surface area contributed by atoms with Gasteiger partial charge in [0.1, 0.15) is 18.1 Å². The molecule has 3 heteroatoms. The monoisotopic (exact) mass is 242 g/mol. The zero-order valence-corrected chi connectivity index (χ0v) is 10.1. The molecule has 0 saturated carbocycles. The lowest BCUT2D eigenvalue weighted by molar-refractivity contribution is 0.101. The number of phenolic OH excluding ortho intramolecular Hbond substituents is 1. The first-order chi connectivity index (χ1) is 8.68. The van der Waals surface area contributed by atoms with Gasteiger partial charge >= 0.3 is 0 Å². The van der Waals surface area contributed by atoms with Crippen LogP contribution in [0.3, 0.4) is 0 Å². The Hall–Kier alpha value is -2.29. The highest BCUT2D eigenvalue weighted by Gasteiger charge is 2.12. The van der Waals surface area contributed by atoms with E-state index in [2.05, 4.69) is 0 Å². The average Bonchev–Trinajstić information content (AvgIpc) is 2.37. The fourth-order valence-electron chi connectivity index (χ4n) is 1.79. The average molecular weight is 242 g/mol. The van der Waals surface area contributed by atoms with E-state index in [1.807, 2.05) is 30.3 Å². The SMILES string of the molecule is CC(=O)c1c(O)cccc1COc1ccccc1. The van der Waals surface area contributed by atoms with E-state index in [1.54, 1.807) is 12.1 Å². The molecule has 0 aliphatic rings. The van der Waals surface area contributed by atoms with Gasteiger partial charge in [0.15, 0.2) is 5.78 Å². The number of carbonyl (C=O) groups is 1. The van der Waals surface area contributed by atoms with Gasteiger partial charge in [-0.25, -0.2) is 0 Å². The van der Waals surface area contributed by atoms with Gasteiger partial charge in [0.2, 0.25) is 0 Å². The van der Waals surface area contributed by atoms with Crippen molar-refractivity contribution >= 4 is 5.78 Å². The Morgan fingerprint density at radius 1 is 1.11 bits per heavy atom. The molecule has 18 heavy (non-hydrogen) atoms. The van der Waals surface area contributed by atoms with Crippen LogP contribution in [0.2, 0.25) is 0 Å². The van der Waals surface area contributed by atoms with Crippen LogP contribution in [0.25, 0.3) is 0 Å². The van der Waals surface area contributed by atoms with E-state index in [-0.39, 0.29) is 18.1 Å². The Morgan fingerprint density at radius 2 is 1.83 bits per heavy atom. The fraction of sp³-hybridized carbons (Fsp3) is 0.133. The third kappa shape index (κ3) is 2.69. The Balaban J connectivity index is 2.20. The van der Waals surface area contributed by atoms with Crippen LogP contribution < -0.4 is 4.74 Å². The predicted molar refractivity (Wildman–Crippen MR) is 68.9 cm³/mol. The van der Waals surface area contributed by atoms with E-state index in [0.29, 0.717) is 11.1 Å². The van der Waals surface area contributed by atoms with Gasteiger partial charge in [0.25, 0.3) is 0 Å². The molecule has 0 atom stereocenters. The number of phenols is 1. The van der Waals surface area contributed by atoms with Gasteiger partial charge in [-0.3, -0.25) is 4.79 Å². The number of benzene rings is 2. The summed E-state index contributed by atoms with van der Waals surface area (Å²) in [6.45, 7) is 1.69. The molecule has 0 saturated heterocycles. The van der Waals surface area contributed by atoms with E-state index in [4.69, 9.17) is 4.74 Å². The first-order valence-corrected chi connectivity index (χ1v) is 5.68. The zero-order valence-electron chi connectivity index (χ0n) is 10.1. The largest absolute Gasteiger partial charge is 0.507 e. The number of ether oxygens (including phenoxy) is 1. The molecule has 0 amide bonds. The molecular formula is C15H14O3. The first kappa shape index (κ1) is 12.2. The maximum absolute atomic E-state index is 11.5. The maximum Gasteiger partial charge on any atom is 0.163 e. The molecule has 0 heterocycles. The summed E-state index contributed by atoms with van der Waals surface area (Å²) in [6, 6.07) is 14.3. The number of Topliss-reactive ketones (excluding diaryl/α,β-unsaturated/α-hetero) is 1. The van der Waals surface area contributed by atoms with Gasteiger partial charge in [-0.2, -0.15) is 0 Å². The Kier molecular flexibility index (Phi) is 3.63. The van der Waals surface area contributed by atoms with Crippen molar-refractivity contribution in [2.24, 2.45) is 0 Å². The van der Waals surface area contributed by atoms with E-state index in [0.717, 1.165) is 5.75 Å². The predicted octanol–water partition coefficient (Wildman–Crippen LogP) is 3.17. The van der Waals surface area contributed by atoms with Crippen molar-refractivity contribution in [3.8, 4) is 11.5 Å². The second kappa shape index (κ2) is 5.36. The molecule has 2 aromatic carbocycles. The number of para-hydroxylation sites is 1. The molecule has 0 aromatic heterocycles. The zero-order chi connectivity index (χ0) is 13.0. The van der Waals surface area contributed by atoms with E-state index < -0.39 is 0 Å². The Bertz CT molecular complexity index is 547. The molecule has 0 bridgehead atoms. The smallest absolute Gasteiger partial charge is 0.163 e. The van der Waals surface area contributed by atoms with Gasteiger partial charge in [0.05, 0.1) is 5.56 Å². The second-order valence-electron chi connectivity index (χ2n) is 3.97. The summed E-state index contributed by atoms with van der Waals surface area (Å²) in [7, 11) is 0. The molecule has 1 N–H and O–H groups in total. The molecule has 2 aromatic rings. The van der Waals surface area contributed by atoms with Crippen molar-refractivity contribution in [2.75, 3.05) is 0 Å². The number of aromatic hydroxyl groups is 1. The third-order valence-electron chi connectivity index (χ3n) is 2.62. The first-order valence-electron chi connectivity index (χ1n) is 5.68. The van der Waals surface area contributed by atoms with Crippen LogP contribution in [0.4, 0.5) is 0 Å². The molecular weight excluding hydrogens is 228 g/mol. The highest BCUT2D eigenvalue weighted by molar-refractivity contribution is 5.98. The molecule has 0 spiro atoms. The summed E-state index contributed by atoms with van der Waals surface area (Å²) in [6.07, 6.45) is 0. The van der Waals surface area contributed by atoms with Gasteiger partial charge in [-0.1, -0.05) is 30.3 Å². The molecule has 3 nitrogen and oxygen atoms in total. The number of hydrogen-bond donors (Lipinski definition) is 1. The summed E-state index contributed by atoms with van der Waals surface area (Å²) in [4.78, 5) is 11.5. The van der Waals surface area contributed by atoms with Crippen LogP contribution in [0.1, 0.15) is 22.8 Å². The Labute approximate surface area is 106 Å². The molecule has 0 fully saturated rings. The molecule has 2 rings (SSSR count). The molecule has 0 unspecified atom stereocenters. The van der Waals surface area contributed by atoms with Crippen LogP contribution in [-0.2, 0) is 6.61 Å². The van der Waals surface area contributed by atoms with E-state index >= 15 is 0 Å². The summed E-state index contributed by atoms with van der Waals surface area (Å²) in [5, 5.41) is 9.68. The van der Waals surface area contributed by atoms with Crippen molar-refractivity contribution < 1.29 is 14.6 Å². The lowest BCUT2D eigenvalue weighted by atomic mass is 10.0. The topological polar surface area (TPSA) is 46.5 Å². The quantitative estimate of drug-likeness (QED) is 0.837. The molecule has 0 aliphatic carbocycles. The second-order valence-corrected chi connectivity index (χ2v) is 3.97. The van der Waals surface area contributed by atoms with E-state index in [9.17, 15) is 9.90 Å². The lowest BCUT2D eigenvalue weighted by Crippen LogP contribution is -2.04.